The third-order valence-corrected chi connectivity index (χ3v) is 0. The maximum atomic E-state index is 0. The van der Waals surface area contributed by atoms with Crippen molar-refractivity contribution in [2.75, 3.05) is 0 Å². The van der Waals surface area contributed by atoms with Crippen molar-refractivity contribution in [2.45, 2.75) is 0 Å². The Morgan fingerprint density at radius 3 is 0.0202 bits per heavy atom. The van der Waals surface area contributed by atoms with E-state index in [1.54, 1.807) is 0 Å². The average molecular weight is 1870 g/mol. The first-order valence-electron chi connectivity index (χ1n) is 0. The molecule has 0 fully saturated rings. The van der Waals surface area contributed by atoms with Crippen molar-refractivity contribution in [3.8, 4) is 0 Å². The van der Waals surface area contributed by atoms with Gasteiger partial charge >= 0.3 is 453 Å². The summed E-state index contributed by atoms with van der Waals surface area (Å²) >= 11 is 0. The molecule has 0 unspecified atom stereocenters. The van der Waals surface area contributed by atoms with E-state index in [4.69, 9.17) is 0 Å². The first kappa shape index (κ1) is 9820. The first-order chi connectivity index (χ1) is 0. The third kappa shape index (κ3) is 9380. The molecule has 0 aliphatic carbocycles. The third-order valence-electron chi connectivity index (χ3n) is 0. The summed E-state index contributed by atoms with van der Waals surface area (Å²) in [5.74, 6) is 0. The minimum Gasteiger partial charge on any atom is -2.00 e. The van der Waals surface area contributed by atoms with Crippen molar-refractivity contribution in [2.24, 2.45) is 0 Å². The van der Waals surface area contributed by atoms with E-state index >= 15 is 0 Å². The van der Waals surface area contributed by atoms with E-state index in [1.807, 2.05) is 0 Å². The normalized spacial score (nSPS) is 0. The molecule has 0 saturated carbocycles. The molecule has 0 aliphatic heterocycles. The van der Waals surface area contributed by atoms with Gasteiger partial charge in [0.2, 0.25) is 0 Å². The van der Waals surface area contributed by atoms with Crippen LogP contribution in [0, 0.1) is 0 Å². The van der Waals surface area contributed by atoms with E-state index < -0.39 is 0 Å². The topological polar surface area (TPSA) is 2480 Å². The van der Waals surface area contributed by atoms with Gasteiger partial charge in [-0.2, -0.15) is 0 Å². The van der Waals surface area contributed by atoms with Crippen LogP contribution in [0.3, 0.4) is 0 Å². The largest absolute Gasteiger partial charge is 2.00 e. The Labute approximate surface area is 912 Å². The minimum atomic E-state index is 0. The van der Waals surface area contributed by atoms with Crippen LogP contribution < -0.4 is 0 Å². The van der Waals surface area contributed by atoms with Gasteiger partial charge in [0.05, 0.1) is 0 Å². The van der Waals surface area contributed by atoms with Gasteiger partial charge in [-0.25, -0.2) is 0 Å². The molecule has 0 radical (unpaired) electrons. The van der Waals surface area contributed by atoms with Crippen LogP contribution in [-0.4, -0.2) is 453 Å². The Morgan fingerprint density at radius 1 is 0.0202 bits per heavy atom. The van der Waals surface area contributed by atoms with Crippen molar-refractivity contribution >= 4 is 453 Å². The molecule has 0 heterocycles. The quantitative estimate of drug-likeness (QED) is 0.204. The van der Waals surface area contributed by atoms with Gasteiger partial charge in [0.15, 0.2) is 0 Å². The molecule has 0 N–H and O–H groups in total. The van der Waals surface area contributed by atoms with Crippen LogP contribution >= 0.6 is 0 Å². The smallest absolute Gasteiger partial charge is 2.00 e. The average Bonchev–Trinajstić information content (AvgIpc) is 0. The van der Waals surface area contributed by atoms with Crippen molar-refractivity contribution in [3.05, 3.63) is 0 Å². The fourth-order valence-corrected chi connectivity index (χ4v) is 0. The maximum absolute atomic E-state index is 0. The summed E-state index contributed by atoms with van der Waals surface area (Å²) in [6.45, 7) is 0. The molecule has 0 aromatic carbocycles. The molecule has 0 rings (SSSR count). The van der Waals surface area contributed by atoms with Crippen LogP contribution in [0.2, 0.25) is 0 Å². The molecule has 87 nitrogen and oxygen atoms in total. The summed E-state index contributed by atoms with van der Waals surface area (Å²) in [7, 11) is 0. The fraction of sp³-hybridized carbons (Fsp3) is 0. The van der Waals surface area contributed by atoms with Crippen LogP contribution in [0.15, 0.2) is 0 Å². The second-order valence-corrected chi connectivity index (χ2v) is 0. The maximum Gasteiger partial charge on any atom is 2.00 e. The van der Waals surface area contributed by atoms with Gasteiger partial charge in [0, 0.05) is 0 Å². The standard InChI is InChI=1S/12Ca.87O/q12*+2;87*-2. The molecular formula is Ca12O87-150. The van der Waals surface area contributed by atoms with E-state index in [-0.39, 0.29) is 929 Å². The van der Waals surface area contributed by atoms with Crippen LogP contribution in [0.5, 0.6) is 0 Å². The van der Waals surface area contributed by atoms with Crippen molar-refractivity contribution in [3.63, 3.8) is 0 Å². The molecule has 0 bridgehead atoms. The molecule has 0 atom stereocenters. The second-order valence-electron chi connectivity index (χ2n) is 0. The monoisotopic (exact) mass is 1870 g/mol. The summed E-state index contributed by atoms with van der Waals surface area (Å²) in [5.41, 5.74) is 0. The summed E-state index contributed by atoms with van der Waals surface area (Å²) in [4.78, 5) is 0. The van der Waals surface area contributed by atoms with Crippen molar-refractivity contribution < 1.29 is 476 Å². The molecule has 0 aliphatic rings. The van der Waals surface area contributed by atoms with Gasteiger partial charge < -0.3 is 476 Å². The van der Waals surface area contributed by atoms with Crippen molar-refractivity contribution in [1.29, 1.82) is 0 Å². The van der Waals surface area contributed by atoms with E-state index in [9.17, 15) is 0 Å². The van der Waals surface area contributed by atoms with Crippen molar-refractivity contribution in [1.82, 2.24) is 0 Å². The number of hydrogen-bond donors (Lipinski definition) is 0. The van der Waals surface area contributed by atoms with Gasteiger partial charge in [-0.3, -0.25) is 0 Å². The van der Waals surface area contributed by atoms with Gasteiger partial charge in [0.25, 0.3) is 0 Å². The number of rotatable bonds is 0. The molecule has 99 heavy (non-hydrogen) atoms. The van der Waals surface area contributed by atoms with Crippen LogP contribution in [0.4, 0.5) is 0 Å². The zero-order valence-electron chi connectivity index (χ0n) is 44.0. The molecular weight excluding hydrogens is 1870 g/mol. The van der Waals surface area contributed by atoms with Crippen LogP contribution in [0.25, 0.3) is 0 Å². The Hall–Kier alpha value is 11.6. The molecule has 0 saturated heterocycles. The van der Waals surface area contributed by atoms with Gasteiger partial charge in [-0.15, -0.1) is 0 Å². The molecule has 696 valence electrons. The van der Waals surface area contributed by atoms with Gasteiger partial charge in [0.1, 0.15) is 0 Å². The Morgan fingerprint density at radius 2 is 0.0202 bits per heavy atom. The van der Waals surface area contributed by atoms with E-state index in [0.29, 0.717) is 0 Å². The first-order valence-corrected chi connectivity index (χ1v) is 0. The molecule has 99 heteroatoms. The second kappa shape index (κ2) is 9560. The van der Waals surface area contributed by atoms with Gasteiger partial charge in [-0.1, -0.05) is 0 Å². The molecule has 0 spiro atoms. The predicted octanol–water partition coefficient (Wildman–Crippen LogP) is -14.9. The Kier molecular flexibility index (Phi) is 948000. The van der Waals surface area contributed by atoms with E-state index in [0.717, 1.165) is 0 Å². The molecule has 0 aromatic heterocycles. The summed E-state index contributed by atoms with van der Waals surface area (Å²) in [6.07, 6.45) is 0. The minimum absolute atomic E-state index is 0. The number of hydrogen-bond acceptors (Lipinski definition) is 0. The molecule has 0 aromatic rings. The van der Waals surface area contributed by atoms with Crippen LogP contribution in [0.1, 0.15) is 0 Å². The Bertz CT molecular complexity index is 52.8. The zero-order chi connectivity index (χ0) is 0. The Balaban J connectivity index is 0. The fourth-order valence-electron chi connectivity index (χ4n) is 0. The van der Waals surface area contributed by atoms with Gasteiger partial charge in [-0.05, 0) is 0 Å². The summed E-state index contributed by atoms with van der Waals surface area (Å²) in [6, 6.07) is 0. The van der Waals surface area contributed by atoms with E-state index in [1.165, 1.54) is 0 Å². The summed E-state index contributed by atoms with van der Waals surface area (Å²) < 4.78 is 0. The zero-order valence-corrected chi connectivity index (χ0v) is 70.5. The SMILES string of the molecule is [Ca+2].[Ca+2].[Ca+2].[Ca+2].[Ca+2].[Ca+2].[Ca+2].[Ca+2].[Ca+2].[Ca+2].[Ca+2].[Ca+2].[O-2].[O-2].[O-2].[O-2].[O-2].[O-2].[O-2].[O-2].[O-2].[O-2].[O-2].[O-2].[O-2].[O-2].[O-2].[O-2].[O-2].[O-2].[O-2].[O-2].[O-2].[O-2].[O-2].[O-2].[O-2].[O-2].[O-2].[O-2].[O-2].[O-2].[O-2].[O-2].[O-2].[O-2].[O-2].[O-2].[O-2].[O-2].[O-2].[O-2].[O-2].[O-2].[O-2].[O-2].[O-2].[O-2].[O-2].[O-2].[O-2].[O-2].[O-2].[O-2].[O-2].[O-2].[O-2].[O-2].[O-2].[O-2].[O-2].[O-2].[O-2].[O-2].[O-2].[O-2].[O-2].[O-2].[O-2].[O-2].[O-2].[O-2].[O-2].[O-2].[O-2].[O-2].[O-2].[O-2].[O-2].[O-2].[O-2].[O-2].[O-2].[O-2].[O-2].[O-2].[O-2].[O-2].[O-2]. The predicted molar refractivity (Wildman–Crippen MR) is 129 cm³/mol. The molecule has 0 amide bonds. The van der Waals surface area contributed by atoms with Crippen LogP contribution in [-0.2, 0) is 476 Å². The summed E-state index contributed by atoms with van der Waals surface area (Å²) in [5, 5.41) is 0. The van der Waals surface area contributed by atoms with E-state index in [2.05, 4.69) is 0 Å².